The number of ether oxygens (including phenoxy) is 2. The average Bonchev–Trinajstić information content (AvgIpc) is 2.90. The molecule has 2 atom stereocenters. The number of methoxy groups -OCH3 is 1. The minimum absolute atomic E-state index is 0.0159. The van der Waals surface area contributed by atoms with Crippen LogP contribution in [-0.2, 0) is 26.3 Å². The Morgan fingerprint density at radius 3 is 2.52 bits per heavy atom. The standard InChI is InChI=1S/C13H16FNO5S/c1-19-11-7-15(8-12(11)21(14,17)18)13(16)20-9-10-5-3-2-4-6-10/h2-6,11-12H,7-9H2,1H3/t11-,12+/m1/s1. The summed E-state index contributed by atoms with van der Waals surface area (Å²) < 4.78 is 45.2. The Morgan fingerprint density at radius 1 is 1.33 bits per heavy atom. The van der Waals surface area contributed by atoms with E-state index in [0.29, 0.717) is 0 Å². The summed E-state index contributed by atoms with van der Waals surface area (Å²) in [4.78, 5) is 13.0. The van der Waals surface area contributed by atoms with Crippen molar-refractivity contribution < 1.29 is 26.6 Å². The van der Waals surface area contributed by atoms with E-state index in [2.05, 4.69) is 0 Å². The molecule has 0 aromatic heterocycles. The topological polar surface area (TPSA) is 72.9 Å². The van der Waals surface area contributed by atoms with Gasteiger partial charge in [-0.1, -0.05) is 30.3 Å². The molecule has 0 bridgehead atoms. The average molecular weight is 317 g/mol. The molecule has 1 fully saturated rings. The van der Waals surface area contributed by atoms with Crippen LogP contribution in [0.5, 0.6) is 0 Å². The number of benzene rings is 1. The van der Waals surface area contributed by atoms with E-state index in [9.17, 15) is 17.1 Å². The van der Waals surface area contributed by atoms with Crippen LogP contribution in [0.15, 0.2) is 30.3 Å². The summed E-state index contributed by atoms with van der Waals surface area (Å²) in [5.74, 6) is 0. The third-order valence-electron chi connectivity index (χ3n) is 3.34. The molecule has 0 N–H and O–H groups in total. The number of carbonyl (C=O) groups is 1. The van der Waals surface area contributed by atoms with Crippen molar-refractivity contribution in [2.24, 2.45) is 0 Å². The zero-order valence-electron chi connectivity index (χ0n) is 11.4. The molecule has 1 amide bonds. The first-order chi connectivity index (χ1) is 9.91. The van der Waals surface area contributed by atoms with Crippen LogP contribution in [0.1, 0.15) is 5.56 Å². The predicted octanol–water partition coefficient (Wildman–Crippen LogP) is 1.32. The fourth-order valence-corrected chi connectivity index (χ4v) is 3.12. The Morgan fingerprint density at radius 2 is 2.00 bits per heavy atom. The smallest absolute Gasteiger partial charge is 0.410 e. The minimum Gasteiger partial charge on any atom is -0.445 e. The summed E-state index contributed by atoms with van der Waals surface area (Å²) in [6.45, 7) is -0.218. The van der Waals surface area contributed by atoms with Crippen LogP contribution < -0.4 is 0 Å². The van der Waals surface area contributed by atoms with Gasteiger partial charge in [0.05, 0.1) is 12.6 Å². The fourth-order valence-electron chi connectivity index (χ4n) is 2.20. The SMILES string of the molecule is CO[C@@H]1CN(C(=O)OCc2ccccc2)C[C@@H]1S(=O)(=O)F. The van der Waals surface area contributed by atoms with Gasteiger partial charge in [-0.2, -0.15) is 8.42 Å². The zero-order valence-corrected chi connectivity index (χ0v) is 12.3. The van der Waals surface area contributed by atoms with Crippen LogP contribution in [-0.4, -0.2) is 51.0 Å². The number of amides is 1. The Bertz CT molecular complexity index is 592. The Labute approximate surface area is 122 Å². The number of likely N-dealkylation sites (tertiary alicyclic amines) is 1. The number of carbonyl (C=O) groups excluding carboxylic acids is 1. The molecule has 1 aliphatic rings. The van der Waals surface area contributed by atoms with Gasteiger partial charge < -0.3 is 14.4 Å². The van der Waals surface area contributed by atoms with Crippen molar-refractivity contribution in [3.63, 3.8) is 0 Å². The molecular formula is C13H16FNO5S. The van der Waals surface area contributed by atoms with Crippen molar-refractivity contribution in [3.8, 4) is 0 Å². The highest BCUT2D eigenvalue weighted by molar-refractivity contribution is 7.87. The minimum atomic E-state index is -4.77. The molecule has 1 aromatic carbocycles. The van der Waals surface area contributed by atoms with E-state index in [-0.39, 0.29) is 19.7 Å². The molecule has 1 heterocycles. The zero-order chi connectivity index (χ0) is 15.5. The molecule has 1 aromatic rings. The molecular weight excluding hydrogens is 301 g/mol. The molecule has 116 valence electrons. The lowest BCUT2D eigenvalue weighted by molar-refractivity contribution is 0.0849. The second-order valence-corrected chi connectivity index (χ2v) is 6.29. The van der Waals surface area contributed by atoms with Crippen LogP contribution in [0.3, 0.4) is 0 Å². The van der Waals surface area contributed by atoms with Crippen LogP contribution >= 0.6 is 0 Å². The molecule has 0 saturated carbocycles. The normalized spacial score (nSPS) is 22.3. The predicted molar refractivity (Wildman–Crippen MR) is 72.8 cm³/mol. The van der Waals surface area contributed by atoms with Gasteiger partial charge in [-0.25, -0.2) is 4.79 Å². The van der Waals surface area contributed by atoms with Gasteiger partial charge >= 0.3 is 16.3 Å². The highest BCUT2D eigenvalue weighted by atomic mass is 32.3. The molecule has 0 radical (unpaired) electrons. The van der Waals surface area contributed by atoms with Crippen molar-refractivity contribution in [1.82, 2.24) is 4.90 Å². The largest absolute Gasteiger partial charge is 0.445 e. The first-order valence-electron chi connectivity index (χ1n) is 6.33. The molecule has 0 aliphatic carbocycles. The number of hydrogen-bond acceptors (Lipinski definition) is 5. The van der Waals surface area contributed by atoms with Gasteiger partial charge in [0.15, 0.2) is 0 Å². The van der Waals surface area contributed by atoms with Gasteiger partial charge in [-0.15, -0.1) is 3.89 Å². The number of rotatable bonds is 4. The van der Waals surface area contributed by atoms with Gasteiger partial charge in [0.2, 0.25) is 0 Å². The number of hydrogen-bond donors (Lipinski definition) is 0. The van der Waals surface area contributed by atoms with Crippen LogP contribution in [0.2, 0.25) is 0 Å². The summed E-state index contributed by atoms with van der Waals surface area (Å²) in [6, 6.07) is 9.05. The maximum Gasteiger partial charge on any atom is 0.410 e. The molecule has 8 heteroatoms. The summed E-state index contributed by atoms with van der Waals surface area (Å²) in [6.07, 6.45) is -1.57. The van der Waals surface area contributed by atoms with Gasteiger partial charge in [0.25, 0.3) is 0 Å². The lowest BCUT2D eigenvalue weighted by Gasteiger charge is -2.15. The molecule has 0 unspecified atom stereocenters. The molecule has 2 rings (SSSR count). The Balaban J connectivity index is 1.95. The van der Waals surface area contributed by atoms with Crippen molar-refractivity contribution in [3.05, 3.63) is 35.9 Å². The quantitative estimate of drug-likeness (QED) is 0.783. The van der Waals surface area contributed by atoms with Crippen molar-refractivity contribution in [2.75, 3.05) is 20.2 Å². The Kier molecular flexibility index (Phi) is 4.79. The van der Waals surface area contributed by atoms with Crippen molar-refractivity contribution >= 4 is 16.3 Å². The van der Waals surface area contributed by atoms with E-state index < -0.39 is 27.7 Å². The van der Waals surface area contributed by atoms with Crippen LogP contribution in [0.4, 0.5) is 8.68 Å². The third-order valence-corrected chi connectivity index (χ3v) is 4.52. The molecule has 6 nitrogen and oxygen atoms in total. The highest BCUT2D eigenvalue weighted by Crippen LogP contribution is 2.22. The molecule has 21 heavy (non-hydrogen) atoms. The van der Waals surface area contributed by atoms with Crippen molar-refractivity contribution in [1.29, 1.82) is 0 Å². The lowest BCUT2D eigenvalue weighted by Crippen LogP contribution is -2.32. The monoisotopic (exact) mass is 317 g/mol. The number of halogens is 1. The molecule has 1 saturated heterocycles. The van der Waals surface area contributed by atoms with E-state index >= 15 is 0 Å². The van der Waals surface area contributed by atoms with Gasteiger partial charge in [0.1, 0.15) is 11.9 Å². The summed E-state index contributed by atoms with van der Waals surface area (Å²) >= 11 is 0. The maximum atomic E-state index is 13.1. The second kappa shape index (κ2) is 6.40. The summed E-state index contributed by atoms with van der Waals surface area (Å²) in [5, 5.41) is -1.37. The second-order valence-electron chi connectivity index (χ2n) is 4.73. The lowest BCUT2D eigenvalue weighted by atomic mass is 10.2. The van der Waals surface area contributed by atoms with E-state index in [4.69, 9.17) is 9.47 Å². The first-order valence-corrected chi connectivity index (χ1v) is 7.78. The van der Waals surface area contributed by atoms with E-state index in [0.717, 1.165) is 10.5 Å². The summed E-state index contributed by atoms with van der Waals surface area (Å²) in [5.41, 5.74) is 0.808. The van der Waals surface area contributed by atoms with Crippen LogP contribution in [0.25, 0.3) is 0 Å². The molecule has 1 aliphatic heterocycles. The van der Waals surface area contributed by atoms with E-state index in [1.165, 1.54) is 7.11 Å². The van der Waals surface area contributed by atoms with Gasteiger partial charge in [-0.3, -0.25) is 0 Å². The third kappa shape index (κ3) is 3.92. The van der Waals surface area contributed by atoms with E-state index in [1.54, 1.807) is 12.1 Å². The van der Waals surface area contributed by atoms with Gasteiger partial charge in [-0.05, 0) is 5.56 Å². The van der Waals surface area contributed by atoms with Crippen molar-refractivity contribution in [2.45, 2.75) is 18.0 Å². The highest BCUT2D eigenvalue weighted by Gasteiger charge is 2.44. The Hall–Kier alpha value is -1.67. The summed E-state index contributed by atoms with van der Waals surface area (Å²) in [7, 11) is -3.49. The molecule has 0 spiro atoms. The number of nitrogens with zero attached hydrogens (tertiary/aromatic N) is 1. The fraction of sp³-hybridized carbons (Fsp3) is 0.462. The van der Waals surface area contributed by atoms with Gasteiger partial charge in [0, 0.05) is 13.7 Å². The van der Waals surface area contributed by atoms with E-state index in [1.807, 2.05) is 18.2 Å². The first kappa shape index (κ1) is 15.7. The van der Waals surface area contributed by atoms with Crippen LogP contribution in [0, 0.1) is 0 Å². The maximum absolute atomic E-state index is 13.1.